The van der Waals surface area contributed by atoms with E-state index in [4.69, 9.17) is 19.1 Å². The fourth-order valence-electron chi connectivity index (χ4n) is 1.92. The van der Waals surface area contributed by atoms with Crippen LogP contribution in [0.3, 0.4) is 0 Å². The normalized spacial score (nSPS) is 16.0. The van der Waals surface area contributed by atoms with Crippen molar-refractivity contribution in [2.45, 2.75) is 49.3 Å². The zero-order valence-corrected chi connectivity index (χ0v) is 18.4. The Morgan fingerprint density at radius 1 is 0.857 bits per heavy atom. The van der Waals surface area contributed by atoms with Gasteiger partial charge in [0.2, 0.25) is 0 Å². The van der Waals surface area contributed by atoms with Crippen molar-refractivity contribution < 1.29 is 11.8 Å². The fourth-order valence-corrected chi connectivity index (χ4v) is 15.6. The molecule has 0 saturated carbocycles. The molecule has 0 saturated heterocycles. The molecule has 0 heterocycles. The van der Waals surface area contributed by atoms with Gasteiger partial charge in [0.25, 0.3) is 0 Å². The molecule has 0 spiro atoms. The summed E-state index contributed by atoms with van der Waals surface area (Å²) in [6, 6.07) is 8.63. The van der Waals surface area contributed by atoms with Crippen molar-refractivity contribution >= 4 is 36.8 Å². The van der Waals surface area contributed by atoms with E-state index in [-0.39, 0.29) is 7.78 Å². The molecule has 21 heavy (non-hydrogen) atoms. The van der Waals surface area contributed by atoms with Crippen LogP contribution in [-0.2, 0) is 11.8 Å². The molecule has 0 fully saturated rings. The minimum absolute atomic E-state index is 0.0883. The van der Waals surface area contributed by atoms with Crippen LogP contribution in [0.5, 0.6) is 0 Å². The van der Waals surface area contributed by atoms with Crippen LogP contribution in [0.4, 0.5) is 5.69 Å². The summed E-state index contributed by atoms with van der Waals surface area (Å²) in [4.78, 5) is 2.10. The molecule has 5 heteroatoms. The van der Waals surface area contributed by atoms with Crippen molar-refractivity contribution in [2.24, 2.45) is 0 Å². The van der Waals surface area contributed by atoms with Crippen molar-refractivity contribution in [1.82, 2.24) is 0 Å². The number of halogens is 2. The number of benzene rings is 1. The van der Waals surface area contributed by atoms with Gasteiger partial charge in [0, 0.05) is 0 Å². The molecule has 0 bridgehead atoms. The van der Waals surface area contributed by atoms with Crippen LogP contribution in [0.1, 0.15) is 41.5 Å². The third kappa shape index (κ3) is 3.62. The minimum atomic E-state index is -3.38. The molecule has 0 amide bonds. The number of anilines is 1. The monoisotopic (exact) mass is 442 g/mol. The summed E-state index contributed by atoms with van der Waals surface area (Å²) in [5.41, 5.74) is 1.20. The summed E-state index contributed by atoms with van der Waals surface area (Å²) < 4.78 is -0.177. The van der Waals surface area contributed by atoms with Crippen molar-refractivity contribution in [3.05, 3.63) is 24.3 Å². The van der Waals surface area contributed by atoms with E-state index < -0.39 is 11.8 Å². The van der Waals surface area contributed by atoms with Gasteiger partial charge in [0.05, 0.1) is 0 Å². The maximum atomic E-state index is 7.31. The molecule has 1 nitrogen and oxygen atoms in total. The van der Waals surface area contributed by atoms with E-state index in [1.807, 2.05) is 14.1 Å². The predicted octanol–water partition coefficient (Wildman–Crippen LogP) is 6.41. The Morgan fingerprint density at radius 3 is 1.52 bits per heavy atom. The second-order valence-corrected chi connectivity index (χ2v) is 29.3. The van der Waals surface area contributed by atoms with Crippen LogP contribution in [0, 0.1) is 0 Å². The van der Waals surface area contributed by atoms with Gasteiger partial charge < -0.3 is 0 Å². The van der Waals surface area contributed by atoms with Gasteiger partial charge in [0.15, 0.2) is 0 Å². The molecule has 0 radical (unpaired) electrons. The maximum absolute atomic E-state index is 7.31. The molecule has 1 aromatic rings. The summed E-state index contributed by atoms with van der Waals surface area (Å²) in [6.45, 7) is 13.6. The quantitative estimate of drug-likeness (QED) is 0.386. The molecular weight excluding hydrogens is 414 g/mol. The molecule has 0 aliphatic carbocycles. The van der Waals surface area contributed by atoms with Crippen LogP contribution < -0.4 is 10.2 Å². The Morgan fingerprint density at radius 2 is 1.24 bits per heavy atom. The third-order valence-corrected chi connectivity index (χ3v) is 31.9. The summed E-state index contributed by atoms with van der Waals surface area (Å²) in [5, 5.41) is 1.26. The molecular formula is C16H29Cl2NPPd-3. The van der Waals surface area contributed by atoms with Crippen LogP contribution in [-0.4, -0.2) is 14.1 Å². The molecule has 0 aromatic heterocycles. The van der Waals surface area contributed by atoms with E-state index in [1.165, 1.54) is 11.0 Å². The summed E-state index contributed by atoms with van der Waals surface area (Å²) in [5.74, 6) is 0. The van der Waals surface area contributed by atoms with E-state index >= 15 is 0 Å². The third-order valence-electron chi connectivity index (χ3n) is 3.28. The molecule has 0 N–H and O–H groups in total. The zero-order valence-electron chi connectivity index (χ0n) is 14.3. The fraction of sp³-hybridized carbons (Fsp3) is 0.625. The molecule has 1 aromatic carbocycles. The van der Waals surface area contributed by atoms with Crippen LogP contribution in [0.25, 0.3) is 0 Å². The number of hydrogen-bond donors (Lipinski definition) is 0. The van der Waals surface area contributed by atoms with Crippen molar-refractivity contribution in [1.29, 1.82) is 0 Å². The Balaban J connectivity index is 3.27. The number of nitrogens with zero attached hydrogens (tertiary/aromatic N) is 1. The predicted molar refractivity (Wildman–Crippen MR) is 99.9 cm³/mol. The number of hydrogen-bond acceptors (Lipinski definition) is 1. The summed E-state index contributed by atoms with van der Waals surface area (Å²) >= 11 is -3.38. The van der Waals surface area contributed by atoms with E-state index in [0.717, 1.165) is 0 Å². The Bertz CT molecular complexity index is 480. The topological polar surface area (TPSA) is 3.24 Å². The van der Waals surface area contributed by atoms with Gasteiger partial charge in [-0.2, -0.15) is 0 Å². The van der Waals surface area contributed by atoms with Gasteiger partial charge >= 0.3 is 141 Å². The SMILES string of the molecule is CN(C)c1ccc([PH][Pd-3]([Cl])([Cl])([C](C)(C)C)[C](C)(C)C)cc1. The van der Waals surface area contributed by atoms with Crippen molar-refractivity contribution in [2.75, 3.05) is 19.0 Å². The molecule has 1 unspecified atom stereocenters. The van der Waals surface area contributed by atoms with Gasteiger partial charge in [-0.15, -0.1) is 0 Å². The van der Waals surface area contributed by atoms with Gasteiger partial charge in [-0.3, -0.25) is 0 Å². The van der Waals surface area contributed by atoms with Gasteiger partial charge in [-0.05, 0) is 0 Å². The molecule has 1 rings (SSSR count). The Labute approximate surface area is 140 Å². The van der Waals surface area contributed by atoms with Crippen LogP contribution >= 0.6 is 25.8 Å². The average molecular weight is 444 g/mol. The van der Waals surface area contributed by atoms with Gasteiger partial charge in [0.1, 0.15) is 0 Å². The molecule has 130 valence electrons. The van der Waals surface area contributed by atoms with Crippen LogP contribution in [0.2, 0.25) is 7.78 Å². The van der Waals surface area contributed by atoms with Crippen molar-refractivity contribution in [3.8, 4) is 0 Å². The van der Waals surface area contributed by atoms with E-state index in [1.54, 1.807) is 0 Å². The first kappa shape index (κ1) is 19.7. The Kier molecular flexibility index (Phi) is 5.60. The second-order valence-electron chi connectivity index (χ2n) is 7.11. The summed E-state index contributed by atoms with van der Waals surface area (Å²) in [7, 11) is 18.7. The number of rotatable bonds is 3. The van der Waals surface area contributed by atoms with E-state index in [2.05, 4.69) is 70.7 Å². The Hall–Kier alpha value is 0.692. The zero-order chi connectivity index (χ0) is 16.7. The second kappa shape index (κ2) is 5.96. The first-order chi connectivity index (χ1) is 9.19. The first-order valence-electron chi connectivity index (χ1n) is 6.90. The van der Waals surface area contributed by atoms with Crippen LogP contribution in [0.15, 0.2) is 24.3 Å². The standard InChI is InChI=1S/C8H11NP.2C4H9.2ClH.Pd/c1-9(2)7-3-5-8(10)6-4-7;2*1-4(2)3;;;/h3-6,10H,1-2H3;2*1-3H3;2*1H;/q-1;;;;;/p-2. The van der Waals surface area contributed by atoms with Gasteiger partial charge in [-0.1, -0.05) is 0 Å². The van der Waals surface area contributed by atoms with E-state index in [9.17, 15) is 0 Å². The van der Waals surface area contributed by atoms with Crippen molar-refractivity contribution in [3.63, 3.8) is 0 Å². The first-order valence-corrected chi connectivity index (χ1v) is 15.6. The van der Waals surface area contributed by atoms with Gasteiger partial charge in [-0.25, -0.2) is 0 Å². The molecule has 1 atom stereocenters. The average Bonchev–Trinajstić information content (AvgIpc) is 2.26. The summed E-state index contributed by atoms with van der Waals surface area (Å²) in [6.07, 6.45) is 0. The van der Waals surface area contributed by atoms with E-state index in [0.29, 0.717) is 6.77 Å². The molecule has 0 aliphatic rings. The molecule has 0 aliphatic heterocycles.